The molecule has 4 heteroatoms. The minimum atomic E-state index is -4.29. The third-order valence-electron chi connectivity index (χ3n) is 4.27. The van der Waals surface area contributed by atoms with E-state index in [0.29, 0.717) is 5.56 Å². The van der Waals surface area contributed by atoms with Crippen molar-refractivity contribution in [2.75, 3.05) is 0 Å². The third-order valence-corrected chi connectivity index (χ3v) is 4.27. The predicted octanol–water partition coefficient (Wildman–Crippen LogP) is 3.77. The normalized spacial score (nSPS) is 35.5. The first-order valence-corrected chi connectivity index (χ1v) is 6.45. The minimum absolute atomic E-state index is 0.533. The smallest absolute Gasteiger partial charge is 0.384 e. The van der Waals surface area contributed by atoms with Crippen LogP contribution in [0.15, 0.2) is 54.6 Å². The van der Waals surface area contributed by atoms with Gasteiger partial charge in [0.15, 0.2) is 0 Å². The van der Waals surface area contributed by atoms with Gasteiger partial charge in [0.05, 0.1) is 6.42 Å². The highest BCUT2D eigenvalue weighted by Gasteiger charge is 2.76. The van der Waals surface area contributed by atoms with E-state index in [1.54, 1.807) is 61.1 Å². The van der Waals surface area contributed by atoms with Gasteiger partial charge >= 0.3 is 6.18 Å². The second kappa shape index (κ2) is 4.22. The molecule has 1 spiro atoms. The molecule has 1 aromatic carbocycles. The molecule has 0 aromatic heterocycles. The molecule has 0 heterocycles. The Hall–Kier alpha value is -1.55. The number of halogens is 3. The first kappa shape index (κ1) is 13.4. The van der Waals surface area contributed by atoms with Crippen molar-refractivity contribution in [1.29, 1.82) is 0 Å². The fourth-order valence-corrected chi connectivity index (χ4v) is 3.31. The molecular weight excluding hydrogens is 265 g/mol. The summed E-state index contributed by atoms with van der Waals surface area (Å²) in [7, 11) is 0. The SMILES string of the molecule is OC1(c2ccccc2)C(CC(F)(F)F)C12[CH]C=CC=C2. The van der Waals surface area contributed by atoms with Gasteiger partial charge in [-0.05, 0) is 12.0 Å². The van der Waals surface area contributed by atoms with E-state index in [1.165, 1.54) is 0 Å². The van der Waals surface area contributed by atoms with E-state index in [1.807, 2.05) is 0 Å². The molecule has 3 rings (SSSR count). The van der Waals surface area contributed by atoms with E-state index in [2.05, 4.69) is 0 Å². The second-order valence-electron chi connectivity index (χ2n) is 5.35. The minimum Gasteiger partial charge on any atom is -0.384 e. The fourth-order valence-electron chi connectivity index (χ4n) is 3.31. The number of aliphatic hydroxyl groups is 1. The second-order valence-corrected chi connectivity index (χ2v) is 5.35. The Kier molecular flexibility index (Phi) is 2.83. The molecule has 1 aromatic rings. The summed E-state index contributed by atoms with van der Waals surface area (Å²) in [4.78, 5) is 0. The molecule has 2 aliphatic carbocycles. The van der Waals surface area contributed by atoms with Crippen LogP contribution in [0, 0.1) is 17.8 Å². The van der Waals surface area contributed by atoms with Crippen molar-refractivity contribution in [3.05, 3.63) is 66.6 Å². The van der Waals surface area contributed by atoms with Crippen LogP contribution in [0.3, 0.4) is 0 Å². The van der Waals surface area contributed by atoms with Crippen LogP contribution in [-0.2, 0) is 5.60 Å². The molecule has 105 valence electrons. The molecule has 0 saturated heterocycles. The first-order valence-electron chi connectivity index (χ1n) is 6.45. The topological polar surface area (TPSA) is 20.2 Å². The maximum Gasteiger partial charge on any atom is 0.389 e. The Balaban J connectivity index is 2.00. The van der Waals surface area contributed by atoms with Crippen LogP contribution in [-0.4, -0.2) is 11.3 Å². The quantitative estimate of drug-likeness (QED) is 0.873. The Bertz CT molecular complexity index is 561. The van der Waals surface area contributed by atoms with Crippen LogP contribution in [0.2, 0.25) is 0 Å². The lowest BCUT2D eigenvalue weighted by atomic mass is 9.89. The average molecular weight is 279 g/mol. The van der Waals surface area contributed by atoms with Crippen LogP contribution >= 0.6 is 0 Å². The van der Waals surface area contributed by atoms with Gasteiger partial charge in [-0.1, -0.05) is 54.6 Å². The lowest BCUT2D eigenvalue weighted by Gasteiger charge is -2.18. The van der Waals surface area contributed by atoms with Gasteiger partial charge in [0.2, 0.25) is 0 Å². The average Bonchev–Trinajstić information content (AvgIpc) is 2.89. The van der Waals surface area contributed by atoms with Gasteiger partial charge in [-0.2, -0.15) is 13.2 Å². The molecule has 1 radical (unpaired) electrons. The van der Waals surface area contributed by atoms with Crippen LogP contribution in [0.25, 0.3) is 0 Å². The third kappa shape index (κ3) is 1.82. The van der Waals surface area contributed by atoms with E-state index in [9.17, 15) is 18.3 Å². The summed E-state index contributed by atoms with van der Waals surface area (Å²) in [5, 5.41) is 10.9. The van der Waals surface area contributed by atoms with Crippen molar-refractivity contribution in [3.8, 4) is 0 Å². The van der Waals surface area contributed by atoms with Gasteiger partial charge in [0.25, 0.3) is 0 Å². The van der Waals surface area contributed by atoms with E-state index >= 15 is 0 Å². The standard InChI is InChI=1S/C16H14F3O/c17-15(18,19)11-13-14(9-5-2-6-10-14)16(13,20)12-7-3-1-4-8-12/h1-10,13,20H,11H2. The Morgan fingerprint density at radius 1 is 1.05 bits per heavy atom. The van der Waals surface area contributed by atoms with Gasteiger partial charge in [0.1, 0.15) is 5.60 Å². The summed E-state index contributed by atoms with van der Waals surface area (Å²) >= 11 is 0. The Morgan fingerprint density at radius 2 is 1.75 bits per heavy atom. The predicted molar refractivity (Wildman–Crippen MR) is 69.5 cm³/mol. The maximum absolute atomic E-state index is 12.8. The van der Waals surface area contributed by atoms with Crippen molar-refractivity contribution in [1.82, 2.24) is 0 Å². The van der Waals surface area contributed by atoms with Crippen LogP contribution < -0.4 is 0 Å². The maximum atomic E-state index is 12.8. The van der Waals surface area contributed by atoms with Crippen molar-refractivity contribution in [2.24, 2.45) is 11.3 Å². The monoisotopic (exact) mass is 279 g/mol. The highest BCUT2D eigenvalue weighted by molar-refractivity contribution is 5.48. The number of rotatable bonds is 2. The van der Waals surface area contributed by atoms with E-state index in [4.69, 9.17) is 0 Å². The number of alkyl halides is 3. The molecule has 3 atom stereocenters. The molecule has 1 nitrogen and oxygen atoms in total. The van der Waals surface area contributed by atoms with Crippen molar-refractivity contribution in [2.45, 2.75) is 18.2 Å². The zero-order chi connectivity index (χ0) is 14.4. The highest BCUT2D eigenvalue weighted by Crippen LogP contribution is 2.73. The molecular formula is C16H14F3O. The van der Waals surface area contributed by atoms with Gasteiger partial charge in [-0.15, -0.1) is 0 Å². The summed E-state index contributed by atoms with van der Waals surface area (Å²) in [6.07, 6.45) is 3.22. The number of hydrogen-bond acceptors (Lipinski definition) is 1. The molecule has 3 unspecified atom stereocenters. The number of allylic oxidation sites excluding steroid dienone is 3. The molecule has 1 fully saturated rings. The van der Waals surface area contributed by atoms with E-state index in [-0.39, 0.29) is 0 Å². The molecule has 0 amide bonds. The summed E-state index contributed by atoms with van der Waals surface area (Å²) in [6.45, 7) is 0. The van der Waals surface area contributed by atoms with Crippen molar-refractivity contribution >= 4 is 0 Å². The van der Waals surface area contributed by atoms with Gasteiger partial charge in [-0.25, -0.2) is 0 Å². The number of benzene rings is 1. The Morgan fingerprint density at radius 3 is 2.30 bits per heavy atom. The molecule has 20 heavy (non-hydrogen) atoms. The van der Waals surface area contributed by atoms with Gasteiger partial charge in [-0.3, -0.25) is 0 Å². The van der Waals surface area contributed by atoms with Crippen LogP contribution in [0.1, 0.15) is 12.0 Å². The van der Waals surface area contributed by atoms with E-state index < -0.39 is 29.5 Å². The van der Waals surface area contributed by atoms with Crippen molar-refractivity contribution in [3.63, 3.8) is 0 Å². The van der Waals surface area contributed by atoms with Gasteiger partial charge < -0.3 is 5.11 Å². The molecule has 1 N–H and O–H groups in total. The summed E-state index contributed by atoms with van der Waals surface area (Å²) in [6, 6.07) is 8.59. The molecule has 0 aliphatic heterocycles. The first-order chi connectivity index (χ1) is 9.40. The largest absolute Gasteiger partial charge is 0.389 e. The number of hydrogen-bond donors (Lipinski definition) is 1. The van der Waals surface area contributed by atoms with Gasteiger partial charge in [0, 0.05) is 11.3 Å². The summed E-state index contributed by atoms with van der Waals surface area (Å²) < 4.78 is 38.3. The van der Waals surface area contributed by atoms with E-state index in [0.717, 1.165) is 0 Å². The summed E-state index contributed by atoms with van der Waals surface area (Å²) in [5.74, 6) is -0.876. The highest BCUT2D eigenvalue weighted by atomic mass is 19.4. The van der Waals surface area contributed by atoms with Crippen LogP contribution in [0.4, 0.5) is 13.2 Å². The lowest BCUT2D eigenvalue weighted by Crippen LogP contribution is -2.17. The zero-order valence-corrected chi connectivity index (χ0v) is 10.6. The molecule has 1 saturated carbocycles. The molecule has 2 aliphatic rings. The summed E-state index contributed by atoms with van der Waals surface area (Å²) in [5.41, 5.74) is -1.89. The lowest BCUT2D eigenvalue weighted by molar-refractivity contribution is -0.142. The molecule has 0 bridgehead atoms. The zero-order valence-electron chi connectivity index (χ0n) is 10.6. The van der Waals surface area contributed by atoms with Crippen molar-refractivity contribution < 1.29 is 18.3 Å². The fraction of sp³-hybridized carbons (Fsp3) is 0.312. The Labute approximate surface area is 115 Å². The van der Waals surface area contributed by atoms with Crippen LogP contribution in [0.5, 0.6) is 0 Å².